The first-order valence-corrected chi connectivity index (χ1v) is 13.9. The van der Waals surface area contributed by atoms with E-state index < -0.39 is 29.7 Å². The van der Waals surface area contributed by atoms with E-state index in [2.05, 4.69) is 20.8 Å². The molecule has 2 aliphatic heterocycles. The van der Waals surface area contributed by atoms with Gasteiger partial charge < -0.3 is 25.0 Å². The van der Waals surface area contributed by atoms with Crippen molar-refractivity contribution in [3.8, 4) is 0 Å². The van der Waals surface area contributed by atoms with E-state index in [9.17, 15) is 23.6 Å². The fourth-order valence-electron chi connectivity index (χ4n) is 5.32. The van der Waals surface area contributed by atoms with Crippen LogP contribution in [0.4, 0.5) is 4.39 Å². The van der Waals surface area contributed by atoms with E-state index in [1.54, 1.807) is 18.2 Å². The van der Waals surface area contributed by atoms with Gasteiger partial charge in [-0.3, -0.25) is 19.2 Å². The molecule has 2 N–H and O–H groups in total. The largest absolute Gasteiger partial charge is 0.355 e. The molecule has 1 saturated heterocycles. The minimum atomic E-state index is -0.778. The van der Waals surface area contributed by atoms with Crippen LogP contribution in [0.1, 0.15) is 59.6 Å². The number of pyridine rings is 1. The summed E-state index contributed by atoms with van der Waals surface area (Å²) >= 11 is 0. The van der Waals surface area contributed by atoms with E-state index >= 15 is 0 Å². The maximum absolute atomic E-state index is 14.7. The summed E-state index contributed by atoms with van der Waals surface area (Å²) in [6.07, 6.45) is 3.62. The molecule has 0 saturated carbocycles. The number of benzene rings is 1. The lowest BCUT2D eigenvalue weighted by Crippen LogP contribution is -2.54. The summed E-state index contributed by atoms with van der Waals surface area (Å²) in [6.45, 7) is 4.17. The molecule has 1 aromatic carbocycles. The fraction of sp³-hybridized carbons (Fsp3) is 0.448. The van der Waals surface area contributed by atoms with Crippen LogP contribution in [0.5, 0.6) is 0 Å². The maximum atomic E-state index is 14.7. The van der Waals surface area contributed by atoms with Gasteiger partial charge in [-0.05, 0) is 61.4 Å². The molecule has 2 aromatic heterocycles. The van der Waals surface area contributed by atoms with Crippen molar-refractivity contribution in [1.82, 2.24) is 30.6 Å². The minimum absolute atomic E-state index is 0.00812. The zero-order valence-corrected chi connectivity index (χ0v) is 23.1. The fourth-order valence-corrected chi connectivity index (χ4v) is 5.32. The van der Waals surface area contributed by atoms with Crippen LogP contribution in [0, 0.1) is 11.7 Å². The normalized spacial score (nSPS) is 21.0. The van der Waals surface area contributed by atoms with Gasteiger partial charge in [0.15, 0.2) is 0 Å². The molecule has 0 aliphatic carbocycles. The average Bonchev–Trinajstić information content (AvgIpc) is 3.62. The second kappa shape index (κ2) is 12.0. The van der Waals surface area contributed by atoms with Crippen LogP contribution >= 0.6 is 0 Å². The summed E-state index contributed by atoms with van der Waals surface area (Å²) in [5.41, 5.74) is 0.947. The molecule has 12 heteroatoms. The Hall–Kier alpha value is -4.35. The zero-order valence-electron chi connectivity index (χ0n) is 23.1. The van der Waals surface area contributed by atoms with Crippen molar-refractivity contribution >= 4 is 34.7 Å². The predicted molar refractivity (Wildman–Crippen MR) is 146 cm³/mol. The van der Waals surface area contributed by atoms with Crippen molar-refractivity contribution in [1.29, 1.82) is 0 Å². The second-order valence-corrected chi connectivity index (χ2v) is 10.9. The summed E-state index contributed by atoms with van der Waals surface area (Å²) in [5.74, 6) is -2.67. The van der Waals surface area contributed by atoms with E-state index in [1.165, 1.54) is 28.1 Å². The second-order valence-electron chi connectivity index (χ2n) is 10.9. The molecule has 2 aliphatic rings. The molecule has 2 bridgehead atoms. The number of hydrogen-bond donors (Lipinski definition) is 2. The number of amides is 4. The number of halogens is 1. The summed E-state index contributed by atoms with van der Waals surface area (Å²) < 4.78 is 20.1. The molecule has 5 rings (SSSR count). The number of carbonyl (C=O) groups is 4. The molecular weight excluding hydrogens is 531 g/mol. The molecule has 11 nitrogen and oxygen atoms in total. The lowest BCUT2D eigenvalue weighted by Gasteiger charge is -2.32. The predicted octanol–water partition coefficient (Wildman–Crippen LogP) is 2.31. The Morgan fingerprint density at radius 1 is 1.17 bits per heavy atom. The van der Waals surface area contributed by atoms with Crippen LogP contribution in [0.3, 0.4) is 0 Å². The van der Waals surface area contributed by atoms with Crippen molar-refractivity contribution in [2.45, 2.75) is 51.6 Å². The molecular formula is C29H33FN6O5. The lowest BCUT2D eigenvalue weighted by molar-refractivity contribution is -0.126. The number of aromatic nitrogens is 2. The van der Waals surface area contributed by atoms with Gasteiger partial charge >= 0.3 is 0 Å². The van der Waals surface area contributed by atoms with E-state index in [0.717, 1.165) is 5.56 Å². The van der Waals surface area contributed by atoms with E-state index in [1.807, 2.05) is 13.8 Å². The van der Waals surface area contributed by atoms with E-state index in [4.69, 9.17) is 4.52 Å². The highest BCUT2D eigenvalue weighted by Gasteiger charge is 2.37. The Kier molecular flexibility index (Phi) is 8.27. The van der Waals surface area contributed by atoms with Gasteiger partial charge in [0, 0.05) is 31.9 Å². The first-order valence-electron chi connectivity index (χ1n) is 13.9. The van der Waals surface area contributed by atoms with Crippen molar-refractivity contribution in [2.75, 3.05) is 26.2 Å². The highest BCUT2D eigenvalue weighted by atomic mass is 19.1. The topological polar surface area (TPSA) is 138 Å². The van der Waals surface area contributed by atoms with Crippen molar-refractivity contribution < 1.29 is 28.1 Å². The van der Waals surface area contributed by atoms with Gasteiger partial charge in [0.1, 0.15) is 18.4 Å². The number of aryl methyl sites for hydroxylation is 1. The van der Waals surface area contributed by atoms with Crippen molar-refractivity contribution in [3.05, 3.63) is 59.2 Å². The Balaban J connectivity index is 1.46. The van der Waals surface area contributed by atoms with Gasteiger partial charge in [0.25, 0.3) is 11.8 Å². The van der Waals surface area contributed by atoms with Gasteiger partial charge in [-0.1, -0.05) is 25.1 Å². The Bertz CT molecular complexity index is 1470. The maximum Gasteiger partial charge on any atom is 0.293 e. The number of fused-ring (bicyclic) bond motifs is 4. The summed E-state index contributed by atoms with van der Waals surface area (Å²) in [7, 11) is 0. The Morgan fingerprint density at radius 2 is 2.00 bits per heavy atom. The van der Waals surface area contributed by atoms with Crippen molar-refractivity contribution in [3.63, 3.8) is 0 Å². The summed E-state index contributed by atoms with van der Waals surface area (Å²) in [4.78, 5) is 60.5. The van der Waals surface area contributed by atoms with Gasteiger partial charge in [-0.15, -0.1) is 0 Å². The minimum Gasteiger partial charge on any atom is -0.355 e. The first kappa shape index (κ1) is 28.2. The Morgan fingerprint density at radius 3 is 2.80 bits per heavy atom. The zero-order chi connectivity index (χ0) is 29.1. The molecule has 2 atom stereocenters. The smallest absolute Gasteiger partial charge is 0.293 e. The van der Waals surface area contributed by atoms with Gasteiger partial charge in [-0.25, -0.2) is 9.37 Å². The molecule has 4 amide bonds. The standard InChI is InChI=1S/C29H33FN6O5/c1-17(2)22-15-35(29(40)25-19-7-4-12-32-26(19)34-41-25)16-24(37)31-11-3-6-18-9-10-21(30)20(14-18)28(39)36-13-5-8-23(36)27(38)33-22/h4,7,9-10,12,14,17,22-23H,3,5-6,8,11,13,15-16H2,1-2H3,(H,31,37)(H,33,38)/t22-,23-/m0/s1. The molecule has 0 unspecified atom stereocenters. The Labute approximate surface area is 236 Å². The highest BCUT2D eigenvalue weighted by Crippen LogP contribution is 2.24. The average molecular weight is 565 g/mol. The number of nitrogens with one attached hydrogen (secondary N) is 2. The third-order valence-corrected chi connectivity index (χ3v) is 7.66. The van der Waals surface area contributed by atoms with E-state index in [-0.39, 0.29) is 47.8 Å². The molecule has 4 heterocycles. The lowest BCUT2D eigenvalue weighted by atomic mass is 10.0. The molecule has 3 aromatic rings. The van der Waals surface area contributed by atoms with Crippen molar-refractivity contribution in [2.24, 2.45) is 5.92 Å². The SMILES string of the molecule is CC(C)[C@@H]1CN(C(=O)c2onc3ncccc23)CC(=O)NCCCc2ccc(F)c(c2)C(=O)N2CCC[C@H]2C(=O)N1. The highest BCUT2D eigenvalue weighted by molar-refractivity contribution is 6.04. The number of hydrogen-bond acceptors (Lipinski definition) is 7. The van der Waals surface area contributed by atoms with E-state index in [0.29, 0.717) is 44.2 Å². The number of carbonyl (C=O) groups excluding carboxylic acids is 4. The quantitative estimate of drug-likeness (QED) is 0.487. The number of nitrogens with zero attached hydrogens (tertiary/aromatic N) is 4. The summed E-state index contributed by atoms with van der Waals surface area (Å²) in [6, 6.07) is 6.39. The number of rotatable bonds is 2. The monoisotopic (exact) mass is 564 g/mol. The first-order chi connectivity index (χ1) is 19.7. The third-order valence-electron chi connectivity index (χ3n) is 7.66. The van der Waals surface area contributed by atoms with Gasteiger partial charge in [-0.2, -0.15) is 0 Å². The molecule has 216 valence electrons. The molecule has 1 fully saturated rings. The van der Waals surface area contributed by atoms with Crippen LogP contribution < -0.4 is 10.6 Å². The van der Waals surface area contributed by atoms with Crippen LogP contribution in [0.15, 0.2) is 41.1 Å². The summed E-state index contributed by atoms with van der Waals surface area (Å²) in [5, 5.41) is 10.1. The third kappa shape index (κ3) is 6.06. The molecule has 0 radical (unpaired) electrons. The van der Waals surface area contributed by atoms with Crippen LogP contribution in [-0.4, -0.2) is 81.8 Å². The van der Waals surface area contributed by atoms with Gasteiger partial charge in [0.2, 0.25) is 23.2 Å². The van der Waals surface area contributed by atoms with Crippen LogP contribution in [0.25, 0.3) is 11.0 Å². The molecule has 0 spiro atoms. The van der Waals surface area contributed by atoms with Crippen LogP contribution in [-0.2, 0) is 16.0 Å². The molecule has 41 heavy (non-hydrogen) atoms. The van der Waals surface area contributed by atoms with Gasteiger partial charge in [0.05, 0.1) is 10.9 Å². The van der Waals surface area contributed by atoms with Crippen LogP contribution in [0.2, 0.25) is 0 Å².